The Labute approximate surface area is 127 Å². The molecule has 116 valence electrons. The first-order valence-electron chi connectivity index (χ1n) is 7.09. The number of carbonyl (C=O) groups is 1. The van der Waals surface area contributed by atoms with Gasteiger partial charge in [-0.1, -0.05) is 0 Å². The Hall–Kier alpha value is -0.950. The first-order chi connectivity index (χ1) is 9.90. The molecule has 0 bridgehead atoms. The number of hydrogen-bond acceptors (Lipinski definition) is 4. The summed E-state index contributed by atoms with van der Waals surface area (Å²) in [5.74, 6) is -0.131. The number of sulfone groups is 1. The van der Waals surface area contributed by atoms with Crippen molar-refractivity contribution in [3.8, 4) is 0 Å². The van der Waals surface area contributed by atoms with Gasteiger partial charge in [-0.05, 0) is 44.1 Å². The molecule has 0 radical (unpaired) electrons. The third-order valence-electron chi connectivity index (χ3n) is 4.60. The number of carbonyl (C=O) groups excluding carboxylic acids is 1. The average molecular weight is 331 g/mol. The maximum absolute atomic E-state index is 12.6. The standard InChI is InChI=1S/C14H18FNO3S2/c1-9-8-11(10-2-7-20-12(10)21(9,18)19)16-13(17)14(3-4-14)5-6-15/h2,7,9,11H,3-6,8H2,1H3,(H,16,17)/t9-,11-/m0/s1. The van der Waals surface area contributed by atoms with E-state index in [4.69, 9.17) is 0 Å². The van der Waals surface area contributed by atoms with Crippen molar-refractivity contribution < 1.29 is 17.6 Å². The van der Waals surface area contributed by atoms with Crippen LogP contribution in [0.5, 0.6) is 0 Å². The third-order valence-corrected chi connectivity index (χ3v) is 8.32. The Morgan fingerprint density at radius 2 is 2.24 bits per heavy atom. The summed E-state index contributed by atoms with van der Waals surface area (Å²) >= 11 is 1.20. The van der Waals surface area contributed by atoms with Gasteiger partial charge in [-0.3, -0.25) is 9.18 Å². The van der Waals surface area contributed by atoms with Crippen LogP contribution in [-0.4, -0.2) is 26.2 Å². The SMILES string of the molecule is C[C@H]1C[C@H](NC(=O)C2(CCF)CC2)c2ccsc2S1(=O)=O. The van der Waals surface area contributed by atoms with E-state index >= 15 is 0 Å². The van der Waals surface area contributed by atoms with Gasteiger partial charge in [-0.15, -0.1) is 11.3 Å². The fraction of sp³-hybridized carbons (Fsp3) is 0.643. The van der Waals surface area contributed by atoms with Crippen molar-refractivity contribution in [1.82, 2.24) is 5.32 Å². The van der Waals surface area contributed by atoms with Crippen molar-refractivity contribution >= 4 is 27.1 Å². The zero-order valence-electron chi connectivity index (χ0n) is 11.8. The van der Waals surface area contributed by atoms with Gasteiger partial charge in [-0.25, -0.2) is 8.42 Å². The summed E-state index contributed by atoms with van der Waals surface area (Å²) in [6.07, 6.45) is 2.08. The van der Waals surface area contributed by atoms with Gasteiger partial charge in [0, 0.05) is 5.56 Å². The molecule has 3 rings (SSSR count). The summed E-state index contributed by atoms with van der Waals surface area (Å²) < 4.78 is 37.4. The molecule has 1 aromatic rings. The molecule has 2 aliphatic rings. The minimum Gasteiger partial charge on any atom is -0.349 e. The highest BCUT2D eigenvalue weighted by molar-refractivity contribution is 7.94. The quantitative estimate of drug-likeness (QED) is 0.922. The van der Waals surface area contributed by atoms with E-state index in [1.807, 2.05) is 0 Å². The van der Waals surface area contributed by atoms with Crippen LogP contribution in [0.25, 0.3) is 0 Å². The van der Waals surface area contributed by atoms with Gasteiger partial charge in [0.1, 0.15) is 4.21 Å². The van der Waals surface area contributed by atoms with E-state index in [9.17, 15) is 17.6 Å². The van der Waals surface area contributed by atoms with Crippen molar-refractivity contribution in [3.63, 3.8) is 0 Å². The number of halogens is 1. The lowest BCUT2D eigenvalue weighted by Gasteiger charge is -2.29. The molecule has 1 fully saturated rings. The second-order valence-corrected chi connectivity index (χ2v) is 9.48. The fourth-order valence-electron chi connectivity index (χ4n) is 2.93. The van der Waals surface area contributed by atoms with E-state index in [0.717, 1.165) is 12.8 Å². The molecule has 1 aromatic heterocycles. The third kappa shape index (κ3) is 2.40. The Kier molecular flexibility index (Phi) is 3.60. The van der Waals surface area contributed by atoms with Crippen molar-refractivity contribution in [2.75, 3.05) is 6.67 Å². The topological polar surface area (TPSA) is 63.2 Å². The van der Waals surface area contributed by atoms with Gasteiger partial charge < -0.3 is 5.32 Å². The van der Waals surface area contributed by atoms with Crippen LogP contribution < -0.4 is 5.32 Å². The number of alkyl halides is 1. The maximum Gasteiger partial charge on any atom is 0.226 e. The Morgan fingerprint density at radius 1 is 1.52 bits per heavy atom. The second-order valence-electron chi connectivity index (χ2n) is 6.00. The van der Waals surface area contributed by atoms with E-state index in [1.54, 1.807) is 18.4 Å². The molecule has 0 aromatic carbocycles. The summed E-state index contributed by atoms with van der Waals surface area (Å²) in [5.41, 5.74) is 0.132. The van der Waals surface area contributed by atoms with Crippen LogP contribution in [0.15, 0.2) is 15.7 Å². The van der Waals surface area contributed by atoms with E-state index < -0.39 is 27.2 Å². The summed E-state index contributed by atoms with van der Waals surface area (Å²) in [5, 5.41) is 4.19. The minimum absolute atomic E-state index is 0.131. The molecule has 4 nitrogen and oxygen atoms in total. The molecule has 2 heterocycles. The minimum atomic E-state index is -3.27. The second kappa shape index (κ2) is 5.05. The summed E-state index contributed by atoms with van der Waals surface area (Å²) in [6, 6.07) is 1.48. The molecule has 0 saturated heterocycles. The first-order valence-corrected chi connectivity index (χ1v) is 9.51. The van der Waals surface area contributed by atoms with Crippen molar-refractivity contribution in [3.05, 3.63) is 17.0 Å². The number of thiophene rings is 1. The van der Waals surface area contributed by atoms with Crippen LogP contribution >= 0.6 is 11.3 Å². The lowest BCUT2D eigenvalue weighted by molar-refractivity contribution is -0.127. The molecule has 0 spiro atoms. The lowest BCUT2D eigenvalue weighted by atomic mass is 9.99. The molecule has 7 heteroatoms. The number of amides is 1. The zero-order valence-corrected chi connectivity index (χ0v) is 13.4. The highest BCUT2D eigenvalue weighted by Gasteiger charge is 2.50. The molecule has 0 unspecified atom stereocenters. The summed E-state index contributed by atoms with van der Waals surface area (Å²) in [6.45, 7) is 1.18. The normalized spacial score (nSPS) is 28.7. The largest absolute Gasteiger partial charge is 0.349 e. The monoisotopic (exact) mass is 331 g/mol. The predicted molar refractivity (Wildman–Crippen MR) is 78.7 cm³/mol. The molecular formula is C14H18FNO3S2. The van der Waals surface area contributed by atoms with Crippen LogP contribution in [0.4, 0.5) is 4.39 Å². The summed E-state index contributed by atoms with van der Waals surface area (Å²) in [4.78, 5) is 12.4. The number of hydrogen-bond donors (Lipinski definition) is 1. The molecule has 2 atom stereocenters. The number of fused-ring (bicyclic) bond motifs is 1. The molecule has 1 aliphatic carbocycles. The van der Waals surface area contributed by atoms with Crippen molar-refractivity contribution in [2.24, 2.45) is 5.41 Å². The van der Waals surface area contributed by atoms with Gasteiger partial charge in [0.25, 0.3) is 0 Å². The lowest BCUT2D eigenvalue weighted by Crippen LogP contribution is -2.40. The van der Waals surface area contributed by atoms with E-state index in [0.29, 0.717) is 16.2 Å². The highest BCUT2D eigenvalue weighted by Crippen LogP contribution is 2.50. The Morgan fingerprint density at radius 3 is 2.86 bits per heavy atom. The van der Waals surface area contributed by atoms with E-state index in [-0.39, 0.29) is 18.4 Å². The van der Waals surface area contributed by atoms with Gasteiger partial charge in [0.15, 0.2) is 9.84 Å². The molecule has 1 saturated carbocycles. The molecule has 21 heavy (non-hydrogen) atoms. The fourth-order valence-corrected chi connectivity index (χ4v) is 6.16. The molecule has 1 N–H and O–H groups in total. The van der Waals surface area contributed by atoms with E-state index in [2.05, 4.69) is 5.32 Å². The number of nitrogens with one attached hydrogen (secondary N) is 1. The Balaban J connectivity index is 1.83. The van der Waals surface area contributed by atoms with Gasteiger partial charge in [0.05, 0.1) is 23.4 Å². The smallest absolute Gasteiger partial charge is 0.226 e. The van der Waals surface area contributed by atoms with Gasteiger partial charge in [-0.2, -0.15) is 0 Å². The van der Waals surface area contributed by atoms with Crippen molar-refractivity contribution in [2.45, 2.75) is 48.1 Å². The summed E-state index contributed by atoms with van der Waals surface area (Å²) in [7, 11) is -3.27. The van der Waals surface area contributed by atoms with Gasteiger partial charge in [0.2, 0.25) is 5.91 Å². The molecule has 1 aliphatic heterocycles. The number of rotatable bonds is 4. The zero-order chi connectivity index (χ0) is 15.3. The molecular weight excluding hydrogens is 313 g/mol. The Bertz CT molecular complexity index is 664. The van der Waals surface area contributed by atoms with Crippen LogP contribution in [-0.2, 0) is 14.6 Å². The maximum atomic E-state index is 12.6. The van der Waals surface area contributed by atoms with Gasteiger partial charge >= 0.3 is 0 Å². The van der Waals surface area contributed by atoms with Crippen LogP contribution in [0.1, 0.15) is 44.2 Å². The highest BCUT2D eigenvalue weighted by atomic mass is 32.2. The molecule has 1 amide bonds. The van der Waals surface area contributed by atoms with Crippen LogP contribution in [0, 0.1) is 5.41 Å². The van der Waals surface area contributed by atoms with Crippen molar-refractivity contribution in [1.29, 1.82) is 0 Å². The first kappa shape index (κ1) is 15.0. The van der Waals surface area contributed by atoms with E-state index in [1.165, 1.54) is 11.3 Å². The average Bonchev–Trinajstić information content (AvgIpc) is 3.02. The van der Waals surface area contributed by atoms with Crippen LogP contribution in [0.2, 0.25) is 0 Å². The van der Waals surface area contributed by atoms with Crippen LogP contribution in [0.3, 0.4) is 0 Å². The predicted octanol–water partition coefficient (Wildman–Crippen LogP) is 2.61.